The van der Waals surface area contributed by atoms with E-state index in [1.165, 1.54) is 26.0 Å². The van der Waals surface area contributed by atoms with Crippen LogP contribution in [0.2, 0.25) is 0 Å². The number of carbonyl (C=O) groups is 2. The molecule has 0 radical (unpaired) electrons. The van der Waals surface area contributed by atoms with E-state index in [4.69, 9.17) is 14.2 Å². The molecule has 0 spiro atoms. The fourth-order valence-corrected chi connectivity index (χ4v) is 2.98. The second-order valence-electron chi connectivity index (χ2n) is 7.05. The minimum Gasteiger partial charge on any atom is -0.544 e. The van der Waals surface area contributed by atoms with E-state index in [0.717, 1.165) is 11.1 Å². The monoisotopic (exact) mass is 444 g/mol. The van der Waals surface area contributed by atoms with Gasteiger partial charge in [-0.05, 0) is 37.1 Å². The van der Waals surface area contributed by atoms with Crippen molar-refractivity contribution in [2.24, 2.45) is 0 Å². The van der Waals surface area contributed by atoms with E-state index < -0.39 is 35.9 Å². The van der Waals surface area contributed by atoms with Crippen molar-refractivity contribution in [1.82, 2.24) is 0 Å². The van der Waals surface area contributed by atoms with Crippen molar-refractivity contribution in [2.45, 2.75) is 37.8 Å². The topological polar surface area (TPSA) is 84.9 Å². The Balaban J connectivity index is 0.00000320. The molecule has 2 aromatic rings. The maximum Gasteiger partial charge on any atom is 1.00 e. The van der Waals surface area contributed by atoms with E-state index in [2.05, 4.69) is 0 Å². The normalized spacial score (nSPS) is 18.9. The Labute approximate surface area is 214 Å². The second-order valence-corrected chi connectivity index (χ2v) is 7.05. The smallest absolute Gasteiger partial charge is 0.544 e. The van der Waals surface area contributed by atoms with Gasteiger partial charge in [0.15, 0.2) is 11.9 Å². The Bertz CT molecular complexity index is 886. The van der Waals surface area contributed by atoms with Crippen LogP contribution in [-0.4, -0.2) is 42.5 Å². The first-order chi connectivity index (χ1) is 13.6. The maximum absolute atomic E-state index is 14.2. The molecule has 154 valence electrons. The average molecular weight is 444 g/mol. The summed E-state index contributed by atoms with van der Waals surface area (Å²) >= 11 is 0. The molecule has 30 heavy (non-hydrogen) atoms. The van der Waals surface area contributed by atoms with E-state index in [-0.39, 0.29) is 63.6 Å². The van der Waals surface area contributed by atoms with Crippen molar-refractivity contribution in [3.05, 3.63) is 60.2 Å². The molecular formula is C21H19F2KO6. The number of carboxylic acids is 1. The van der Waals surface area contributed by atoms with Crippen LogP contribution in [0.25, 0.3) is 11.1 Å². The Morgan fingerprint density at radius 2 is 1.67 bits per heavy atom. The van der Waals surface area contributed by atoms with Crippen LogP contribution in [0.1, 0.15) is 24.2 Å². The Kier molecular flexibility index (Phi) is 8.31. The Hall–Kier alpha value is -1.20. The molecule has 0 N–H and O–H groups in total. The first-order valence-corrected chi connectivity index (χ1v) is 8.88. The first-order valence-electron chi connectivity index (χ1n) is 8.88. The van der Waals surface area contributed by atoms with E-state index in [9.17, 15) is 23.5 Å². The molecule has 1 aliphatic heterocycles. The molecule has 1 aliphatic rings. The molecule has 0 bridgehead atoms. The number of rotatable bonds is 6. The van der Waals surface area contributed by atoms with Crippen LogP contribution in [0.5, 0.6) is 0 Å². The molecule has 2 atom stereocenters. The summed E-state index contributed by atoms with van der Waals surface area (Å²) in [5.41, 5.74) is 1.71. The van der Waals surface area contributed by atoms with Crippen LogP contribution in [0, 0.1) is 0 Å². The van der Waals surface area contributed by atoms with E-state index in [1.807, 2.05) is 30.3 Å². The van der Waals surface area contributed by atoms with Gasteiger partial charge in [0.05, 0.1) is 12.2 Å². The minimum atomic E-state index is -4.46. The number of esters is 1. The summed E-state index contributed by atoms with van der Waals surface area (Å²) in [6, 6.07) is 15.4. The number of aliphatic carboxylic acids is 1. The van der Waals surface area contributed by atoms with Gasteiger partial charge < -0.3 is 24.1 Å². The van der Waals surface area contributed by atoms with Crippen LogP contribution in [0.4, 0.5) is 8.78 Å². The summed E-state index contributed by atoms with van der Waals surface area (Å²) in [5.74, 6) is -9.45. The zero-order chi connectivity index (χ0) is 21.2. The van der Waals surface area contributed by atoms with E-state index >= 15 is 0 Å². The zero-order valence-corrected chi connectivity index (χ0v) is 19.9. The van der Waals surface area contributed by atoms with Crippen molar-refractivity contribution in [2.75, 3.05) is 6.61 Å². The fourth-order valence-electron chi connectivity index (χ4n) is 2.98. The van der Waals surface area contributed by atoms with E-state index in [1.54, 1.807) is 12.1 Å². The fraction of sp³-hybridized carbons (Fsp3) is 0.333. The Morgan fingerprint density at radius 1 is 1.10 bits per heavy atom. The quantitative estimate of drug-likeness (QED) is 0.438. The molecule has 3 rings (SSSR count). The third-order valence-corrected chi connectivity index (χ3v) is 4.46. The van der Waals surface area contributed by atoms with Gasteiger partial charge in [-0.3, -0.25) is 0 Å². The first kappa shape index (κ1) is 25.1. The molecular weight excluding hydrogens is 425 g/mol. The van der Waals surface area contributed by atoms with Crippen molar-refractivity contribution in [1.29, 1.82) is 0 Å². The van der Waals surface area contributed by atoms with Gasteiger partial charge in [0.2, 0.25) is 0 Å². The standard InChI is InChI=1S/C21H20F2O6.K/c1-20(2)27-12-16(29-20)17(21(22,23)19(25)26)28-18(24)15-10-8-14(9-11-15)13-6-4-3-5-7-13;/h3-11,16-17H,12H2,1-2H3,(H,25,26);/q;+1/p-1/t16-,17+;/m1./s1. The van der Waals surface area contributed by atoms with Gasteiger partial charge in [-0.25, -0.2) is 4.79 Å². The molecule has 1 heterocycles. The SMILES string of the molecule is CC1(C)OC[C@H]([C@H](OC(=O)c2ccc(-c3ccccc3)cc2)C(F)(F)C(=O)[O-])O1.[K+]. The summed E-state index contributed by atoms with van der Waals surface area (Å²) in [6.07, 6.45) is -3.87. The van der Waals surface area contributed by atoms with Crippen molar-refractivity contribution >= 4 is 11.9 Å². The predicted molar refractivity (Wildman–Crippen MR) is 95.9 cm³/mol. The molecule has 0 saturated carbocycles. The van der Waals surface area contributed by atoms with Crippen LogP contribution < -0.4 is 56.5 Å². The van der Waals surface area contributed by atoms with Gasteiger partial charge in [-0.15, -0.1) is 0 Å². The number of benzene rings is 2. The summed E-state index contributed by atoms with van der Waals surface area (Å²) in [5, 5.41) is 11.0. The summed E-state index contributed by atoms with van der Waals surface area (Å²) in [4.78, 5) is 23.4. The van der Waals surface area contributed by atoms with Crippen molar-refractivity contribution in [3.8, 4) is 11.1 Å². The largest absolute Gasteiger partial charge is 1.00 e. The summed E-state index contributed by atoms with van der Waals surface area (Å²) in [7, 11) is 0. The molecule has 1 saturated heterocycles. The van der Waals surface area contributed by atoms with Gasteiger partial charge in [-0.1, -0.05) is 42.5 Å². The van der Waals surface area contributed by atoms with Gasteiger partial charge in [0, 0.05) is 0 Å². The zero-order valence-electron chi connectivity index (χ0n) is 16.8. The van der Waals surface area contributed by atoms with Crippen molar-refractivity contribution < 1.29 is 89.1 Å². The van der Waals surface area contributed by atoms with Crippen LogP contribution in [0.15, 0.2) is 54.6 Å². The van der Waals surface area contributed by atoms with Crippen LogP contribution in [0.3, 0.4) is 0 Å². The maximum atomic E-state index is 14.2. The van der Waals surface area contributed by atoms with Gasteiger partial charge >= 0.3 is 63.3 Å². The average Bonchev–Trinajstić information content (AvgIpc) is 3.05. The number of ether oxygens (including phenoxy) is 3. The third kappa shape index (κ3) is 5.73. The second kappa shape index (κ2) is 9.95. The van der Waals surface area contributed by atoms with Gasteiger partial charge in [-0.2, -0.15) is 8.78 Å². The Morgan fingerprint density at radius 3 is 2.17 bits per heavy atom. The summed E-state index contributed by atoms with van der Waals surface area (Å²) < 4.78 is 43.8. The minimum absolute atomic E-state index is 0. The molecule has 9 heteroatoms. The molecule has 0 amide bonds. The van der Waals surface area contributed by atoms with Crippen LogP contribution >= 0.6 is 0 Å². The van der Waals surface area contributed by atoms with Crippen molar-refractivity contribution in [3.63, 3.8) is 0 Å². The number of halogens is 2. The molecule has 0 aliphatic carbocycles. The number of alkyl halides is 2. The number of carboxylic acid groups (broad SMARTS) is 1. The number of hydrogen-bond acceptors (Lipinski definition) is 6. The molecule has 6 nitrogen and oxygen atoms in total. The van der Waals surface area contributed by atoms with Gasteiger partial charge in [0.25, 0.3) is 0 Å². The number of carbonyl (C=O) groups excluding carboxylic acids is 2. The molecule has 0 aromatic heterocycles. The number of hydrogen-bond donors (Lipinski definition) is 0. The summed E-state index contributed by atoms with van der Waals surface area (Å²) in [6.45, 7) is 2.59. The van der Waals surface area contributed by atoms with E-state index in [0.29, 0.717) is 0 Å². The third-order valence-electron chi connectivity index (χ3n) is 4.46. The van der Waals surface area contributed by atoms with Gasteiger partial charge in [0.1, 0.15) is 12.1 Å². The predicted octanol–water partition coefficient (Wildman–Crippen LogP) is -0.580. The molecule has 2 aromatic carbocycles. The molecule has 1 fully saturated rings. The molecule has 0 unspecified atom stereocenters. The van der Waals surface area contributed by atoms with Crippen LogP contribution in [-0.2, 0) is 19.0 Å².